The summed E-state index contributed by atoms with van der Waals surface area (Å²) in [4.78, 5) is 37.1. The molecule has 1 aromatic carbocycles. The number of carbonyl (C=O) groups is 3. The Balaban J connectivity index is 1.73. The number of carbonyl (C=O) groups excluding carboxylic acids is 3. The maximum Gasteiger partial charge on any atom is 0.322 e. The van der Waals surface area contributed by atoms with Gasteiger partial charge in [-0.1, -0.05) is 25.4 Å². The van der Waals surface area contributed by atoms with Gasteiger partial charge in [-0.15, -0.1) is 5.10 Å². The predicted octanol–water partition coefficient (Wildman–Crippen LogP) is 1.02. The summed E-state index contributed by atoms with van der Waals surface area (Å²) in [5, 5.41) is 15.2. The second-order valence-electron chi connectivity index (χ2n) is 6.33. The van der Waals surface area contributed by atoms with E-state index < -0.39 is 29.2 Å². The molecule has 0 aliphatic carbocycles. The highest BCUT2D eigenvalue weighted by Crippen LogP contribution is 2.21. The number of amides is 4. The quantitative estimate of drug-likeness (QED) is 0.654. The first kappa shape index (κ1) is 18.8. The maximum absolute atomic E-state index is 13.2. The van der Waals surface area contributed by atoms with Crippen molar-refractivity contribution in [2.24, 2.45) is 5.92 Å². The number of nitrogens with one attached hydrogen (secondary N) is 3. The number of hydrogen-bond acceptors (Lipinski definition) is 5. The maximum atomic E-state index is 13.2. The fourth-order valence-electron chi connectivity index (χ4n) is 2.65. The molecule has 11 heteroatoms. The fourth-order valence-corrected chi connectivity index (χ4v) is 2.83. The third kappa shape index (κ3) is 3.47. The van der Waals surface area contributed by atoms with Crippen LogP contribution in [0.25, 0.3) is 5.69 Å². The Morgan fingerprint density at radius 3 is 2.74 bits per heavy atom. The lowest BCUT2D eigenvalue weighted by atomic mass is 9.86. The highest BCUT2D eigenvalue weighted by Gasteiger charge is 2.48. The van der Waals surface area contributed by atoms with Gasteiger partial charge in [0.1, 0.15) is 11.4 Å². The van der Waals surface area contributed by atoms with Crippen molar-refractivity contribution in [3.63, 3.8) is 0 Å². The molecule has 0 spiro atoms. The molecule has 1 aliphatic heterocycles. The molecule has 2 heterocycles. The Hall–Kier alpha value is -3.01. The van der Waals surface area contributed by atoms with Crippen LogP contribution in [-0.2, 0) is 4.79 Å². The van der Waals surface area contributed by atoms with E-state index in [0.717, 1.165) is 10.9 Å². The summed E-state index contributed by atoms with van der Waals surface area (Å²) in [5.74, 6) is -1.93. The number of benzene rings is 1. The molecule has 9 nitrogen and oxygen atoms in total. The third-order valence-electron chi connectivity index (χ3n) is 4.34. The van der Waals surface area contributed by atoms with Crippen molar-refractivity contribution >= 4 is 29.4 Å². The van der Waals surface area contributed by atoms with Crippen LogP contribution in [0.5, 0.6) is 0 Å². The van der Waals surface area contributed by atoms with E-state index in [1.807, 2.05) is 0 Å². The number of hydrogen-bond donors (Lipinski definition) is 3. The van der Waals surface area contributed by atoms with Crippen LogP contribution >= 0.6 is 11.6 Å². The van der Waals surface area contributed by atoms with Gasteiger partial charge in [-0.2, -0.15) is 9.90 Å². The zero-order chi connectivity index (χ0) is 19.8. The first-order chi connectivity index (χ1) is 12.7. The van der Waals surface area contributed by atoms with E-state index in [9.17, 15) is 18.8 Å². The van der Waals surface area contributed by atoms with Crippen molar-refractivity contribution in [3.05, 3.63) is 40.9 Å². The van der Waals surface area contributed by atoms with E-state index in [0.29, 0.717) is 5.69 Å². The lowest BCUT2D eigenvalue weighted by Crippen LogP contribution is -2.58. The molecule has 4 amide bonds. The molecule has 1 atom stereocenters. The molecule has 1 unspecified atom stereocenters. The molecule has 1 aliphatic rings. The summed E-state index contributed by atoms with van der Waals surface area (Å²) in [6, 6.07) is 3.29. The Labute approximate surface area is 158 Å². The summed E-state index contributed by atoms with van der Waals surface area (Å²) in [6.07, 6.45) is 1.22. The van der Waals surface area contributed by atoms with Crippen LogP contribution < -0.4 is 16.0 Å². The van der Waals surface area contributed by atoms with Crippen LogP contribution in [0.4, 0.5) is 9.18 Å². The predicted molar refractivity (Wildman–Crippen MR) is 92.9 cm³/mol. The molecule has 0 bridgehead atoms. The second-order valence-corrected chi connectivity index (χ2v) is 6.74. The van der Waals surface area contributed by atoms with E-state index in [1.165, 1.54) is 18.3 Å². The summed E-state index contributed by atoms with van der Waals surface area (Å²) in [7, 11) is 0. The van der Waals surface area contributed by atoms with Gasteiger partial charge in [0.15, 0.2) is 5.69 Å². The SMILES string of the molecule is CC(C)C1(CNC(=O)c2cnn(-c3ccc(F)c(Cl)c3)n2)NC(=O)NC1=O. The number of urea groups is 1. The van der Waals surface area contributed by atoms with E-state index in [2.05, 4.69) is 26.1 Å². The normalized spacial score (nSPS) is 19.1. The molecular formula is C16H16ClFN6O3. The van der Waals surface area contributed by atoms with Crippen molar-refractivity contribution < 1.29 is 18.8 Å². The number of nitrogens with zero attached hydrogens (tertiary/aromatic N) is 3. The van der Waals surface area contributed by atoms with Gasteiger partial charge in [0.2, 0.25) is 0 Å². The number of imide groups is 1. The standard InChI is InChI=1S/C16H16ClFN6O3/c1-8(2)16(14(26)21-15(27)22-16)7-19-13(25)12-6-20-24(23-12)9-3-4-11(18)10(17)5-9/h3-6,8H,7H2,1-2H3,(H,19,25)(H2,21,22,26,27). The Morgan fingerprint density at radius 2 is 2.15 bits per heavy atom. The average molecular weight is 395 g/mol. The Kier molecular flexibility index (Phi) is 4.83. The summed E-state index contributed by atoms with van der Waals surface area (Å²) >= 11 is 5.73. The van der Waals surface area contributed by atoms with Gasteiger partial charge in [0.25, 0.3) is 11.8 Å². The zero-order valence-corrected chi connectivity index (χ0v) is 15.2. The van der Waals surface area contributed by atoms with Gasteiger partial charge in [0.05, 0.1) is 23.5 Å². The van der Waals surface area contributed by atoms with Crippen LogP contribution in [0.1, 0.15) is 24.3 Å². The summed E-state index contributed by atoms with van der Waals surface area (Å²) in [6.45, 7) is 3.40. The van der Waals surface area contributed by atoms with Crippen molar-refractivity contribution in [1.29, 1.82) is 0 Å². The van der Waals surface area contributed by atoms with Crippen molar-refractivity contribution in [1.82, 2.24) is 30.9 Å². The van der Waals surface area contributed by atoms with Crippen molar-refractivity contribution in [3.8, 4) is 5.69 Å². The van der Waals surface area contributed by atoms with E-state index in [-0.39, 0.29) is 23.2 Å². The lowest BCUT2D eigenvalue weighted by molar-refractivity contribution is -0.125. The summed E-state index contributed by atoms with van der Waals surface area (Å²) in [5.41, 5.74) is -0.881. The van der Waals surface area contributed by atoms with Crippen LogP contribution in [0.2, 0.25) is 5.02 Å². The molecule has 0 radical (unpaired) electrons. The molecule has 1 saturated heterocycles. The van der Waals surface area contributed by atoms with Gasteiger partial charge >= 0.3 is 6.03 Å². The van der Waals surface area contributed by atoms with E-state index in [4.69, 9.17) is 11.6 Å². The minimum atomic E-state index is -1.24. The molecule has 142 valence electrons. The lowest BCUT2D eigenvalue weighted by Gasteiger charge is -2.30. The molecule has 27 heavy (non-hydrogen) atoms. The fraction of sp³-hybridized carbons (Fsp3) is 0.312. The first-order valence-corrected chi connectivity index (χ1v) is 8.40. The smallest absolute Gasteiger partial charge is 0.322 e. The largest absolute Gasteiger partial charge is 0.348 e. The molecule has 2 aromatic rings. The Morgan fingerprint density at radius 1 is 1.41 bits per heavy atom. The number of rotatable bonds is 5. The van der Waals surface area contributed by atoms with Gasteiger partial charge in [-0.3, -0.25) is 14.9 Å². The minimum Gasteiger partial charge on any atom is -0.348 e. The van der Waals surface area contributed by atoms with Gasteiger partial charge in [0, 0.05) is 0 Å². The van der Waals surface area contributed by atoms with E-state index in [1.54, 1.807) is 13.8 Å². The Bertz CT molecular complexity index is 931. The molecule has 0 saturated carbocycles. The van der Waals surface area contributed by atoms with Gasteiger partial charge in [-0.05, 0) is 24.1 Å². The van der Waals surface area contributed by atoms with Crippen molar-refractivity contribution in [2.45, 2.75) is 19.4 Å². The minimum absolute atomic E-state index is 0.0147. The third-order valence-corrected chi connectivity index (χ3v) is 4.63. The summed E-state index contributed by atoms with van der Waals surface area (Å²) < 4.78 is 13.2. The first-order valence-electron chi connectivity index (χ1n) is 8.02. The number of aromatic nitrogens is 3. The number of halogens is 2. The topological polar surface area (TPSA) is 118 Å². The van der Waals surface area contributed by atoms with Gasteiger partial charge < -0.3 is 10.6 Å². The molecule has 3 N–H and O–H groups in total. The van der Waals surface area contributed by atoms with Crippen LogP contribution in [0, 0.1) is 11.7 Å². The van der Waals surface area contributed by atoms with Gasteiger partial charge in [-0.25, -0.2) is 9.18 Å². The monoisotopic (exact) mass is 394 g/mol. The zero-order valence-electron chi connectivity index (χ0n) is 14.4. The van der Waals surface area contributed by atoms with Crippen LogP contribution in [0.15, 0.2) is 24.4 Å². The molecule has 1 fully saturated rings. The molecule has 3 rings (SSSR count). The van der Waals surface area contributed by atoms with Crippen LogP contribution in [0.3, 0.4) is 0 Å². The van der Waals surface area contributed by atoms with Crippen molar-refractivity contribution in [2.75, 3.05) is 6.54 Å². The highest BCUT2D eigenvalue weighted by atomic mass is 35.5. The molecule has 1 aromatic heterocycles. The highest BCUT2D eigenvalue weighted by molar-refractivity contribution is 6.30. The van der Waals surface area contributed by atoms with Crippen LogP contribution in [-0.4, -0.2) is 44.9 Å². The second kappa shape index (κ2) is 6.95. The molecular weight excluding hydrogens is 379 g/mol. The average Bonchev–Trinajstić information content (AvgIpc) is 3.20. The van der Waals surface area contributed by atoms with E-state index >= 15 is 0 Å².